The van der Waals surface area contributed by atoms with Gasteiger partial charge < -0.3 is 4.98 Å². The third kappa shape index (κ3) is 0.692. The number of aromatic amines is 1. The third-order valence-corrected chi connectivity index (χ3v) is 1.54. The molecule has 0 fully saturated rings. The van der Waals surface area contributed by atoms with Crippen LogP contribution in [0.5, 0.6) is 0 Å². The average Bonchev–Trinajstić information content (AvgIpc) is 2.33. The van der Waals surface area contributed by atoms with Crippen LogP contribution in [-0.2, 0) is 0 Å². The molecule has 1 N–H and O–H groups in total. The average molecular weight is 134 g/mol. The number of hydrogen-bond donors (Lipinski definition) is 1. The van der Waals surface area contributed by atoms with Gasteiger partial charge in [-0.1, -0.05) is 0 Å². The molecule has 52 valence electrons. The van der Waals surface area contributed by atoms with Crippen molar-refractivity contribution in [1.82, 2.24) is 9.97 Å². The van der Waals surface area contributed by atoms with E-state index in [9.17, 15) is 0 Å². The van der Waals surface area contributed by atoms with Gasteiger partial charge >= 0.3 is 0 Å². The summed E-state index contributed by atoms with van der Waals surface area (Å²) in [4.78, 5) is 7.31. The first-order chi connectivity index (χ1) is 4.86. The molecule has 0 saturated carbocycles. The number of aromatic nitrogens is 2. The Balaban J connectivity index is 0.000000605. The summed E-state index contributed by atoms with van der Waals surface area (Å²) in [5, 5.41) is 0. The third-order valence-electron chi connectivity index (χ3n) is 1.54. The SMILES string of the molecule is Cc1cnc2cc[nH]c2c1.[HH]. The molecule has 0 bridgehead atoms. The zero-order valence-corrected chi connectivity index (χ0v) is 5.76. The molecule has 2 aromatic heterocycles. The Kier molecular flexibility index (Phi) is 1.01. The first-order valence-electron chi connectivity index (χ1n) is 3.26. The van der Waals surface area contributed by atoms with Crippen molar-refractivity contribution in [2.45, 2.75) is 6.92 Å². The van der Waals surface area contributed by atoms with E-state index in [1.165, 1.54) is 5.56 Å². The van der Waals surface area contributed by atoms with Gasteiger partial charge in [0.05, 0.1) is 11.0 Å². The predicted molar refractivity (Wildman–Crippen MR) is 42.9 cm³/mol. The van der Waals surface area contributed by atoms with Gasteiger partial charge in [-0.15, -0.1) is 0 Å². The highest BCUT2D eigenvalue weighted by molar-refractivity contribution is 5.74. The lowest BCUT2D eigenvalue weighted by Gasteiger charge is -1.89. The highest BCUT2D eigenvalue weighted by Gasteiger charge is 1.92. The van der Waals surface area contributed by atoms with Crippen LogP contribution in [0, 0.1) is 6.92 Å². The number of hydrogen-bond acceptors (Lipinski definition) is 1. The first kappa shape index (κ1) is 5.47. The Morgan fingerprint density at radius 1 is 1.60 bits per heavy atom. The van der Waals surface area contributed by atoms with E-state index >= 15 is 0 Å². The van der Waals surface area contributed by atoms with Crippen molar-refractivity contribution in [2.75, 3.05) is 0 Å². The Labute approximate surface area is 60.4 Å². The smallest absolute Gasteiger partial charge is 0.0878 e. The fraction of sp³-hybridized carbons (Fsp3) is 0.125. The second-order valence-electron chi connectivity index (χ2n) is 2.42. The van der Waals surface area contributed by atoms with Crippen molar-refractivity contribution in [2.24, 2.45) is 0 Å². The zero-order chi connectivity index (χ0) is 6.97. The number of aryl methyl sites for hydroxylation is 1. The molecule has 0 amide bonds. The predicted octanol–water partition coefficient (Wildman–Crippen LogP) is 2.12. The molecule has 10 heavy (non-hydrogen) atoms. The monoisotopic (exact) mass is 134 g/mol. The Morgan fingerprint density at radius 2 is 2.50 bits per heavy atom. The summed E-state index contributed by atoms with van der Waals surface area (Å²) < 4.78 is 0. The number of fused-ring (bicyclic) bond motifs is 1. The van der Waals surface area contributed by atoms with Crippen molar-refractivity contribution < 1.29 is 1.43 Å². The van der Waals surface area contributed by atoms with Gasteiger partial charge in [-0.25, -0.2) is 0 Å². The second-order valence-corrected chi connectivity index (χ2v) is 2.42. The zero-order valence-electron chi connectivity index (χ0n) is 5.76. The largest absolute Gasteiger partial charge is 0.360 e. The van der Waals surface area contributed by atoms with Crippen LogP contribution >= 0.6 is 0 Å². The lowest BCUT2D eigenvalue weighted by molar-refractivity contribution is 1.33. The topological polar surface area (TPSA) is 28.7 Å². The first-order valence-corrected chi connectivity index (χ1v) is 3.26. The van der Waals surface area contributed by atoms with E-state index in [1.54, 1.807) is 0 Å². The highest BCUT2D eigenvalue weighted by Crippen LogP contribution is 2.09. The minimum atomic E-state index is 0. The van der Waals surface area contributed by atoms with Crippen LogP contribution in [0.15, 0.2) is 24.5 Å². The number of nitrogens with zero attached hydrogens (tertiary/aromatic N) is 1. The van der Waals surface area contributed by atoms with Crippen molar-refractivity contribution in [3.8, 4) is 0 Å². The van der Waals surface area contributed by atoms with Crippen LogP contribution in [0.2, 0.25) is 0 Å². The summed E-state index contributed by atoms with van der Waals surface area (Å²) in [6.07, 6.45) is 3.77. The molecule has 0 aliphatic carbocycles. The molecular weight excluding hydrogens is 124 g/mol. The lowest BCUT2D eigenvalue weighted by Crippen LogP contribution is -1.76. The molecule has 2 heterocycles. The van der Waals surface area contributed by atoms with Gasteiger partial charge in [0.1, 0.15) is 0 Å². The van der Waals surface area contributed by atoms with Crippen LogP contribution in [0.1, 0.15) is 6.99 Å². The number of pyridine rings is 1. The number of H-pyrrole nitrogens is 1. The van der Waals surface area contributed by atoms with Crippen molar-refractivity contribution >= 4 is 11.0 Å². The van der Waals surface area contributed by atoms with E-state index in [0.29, 0.717) is 0 Å². The van der Waals surface area contributed by atoms with E-state index in [2.05, 4.69) is 16.0 Å². The summed E-state index contributed by atoms with van der Waals surface area (Å²) in [7, 11) is 0. The van der Waals surface area contributed by atoms with Gasteiger partial charge in [-0.3, -0.25) is 4.98 Å². The fourth-order valence-electron chi connectivity index (χ4n) is 1.04. The molecule has 2 nitrogen and oxygen atoms in total. The van der Waals surface area contributed by atoms with Gasteiger partial charge in [-0.2, -0.15) is 0 Å². The normalized spacial score (nSPS) is 10.5. The van der Waals surface area contributed by atoms with Gasteiger partial charge in [0.15, 0.2) is 0 Å². The number of rotatable bonds is 0. The summed E-state index contributed by atoms with van der Waals surface area (Å²) in [5.74, 6) is 0. The highest BCUT2D eigenvalue weighted by atomic mass is 14.7. The molecule has 0 radical (unpaired) electrons. The van der Waals surface area contributed by atoms with Crippen molar-refractivity contribution in [1.29, 1.82) is 0 Å². The van der Waals surface area contributed by atoms with E-state index in [4.69, 9.17) is 0 Å². The van der Waals surface area contributed by atoms with Crippen LogP contribution in [0.4, 0.5) is 0 Å². The maximum atomic E-state index is 4.21. The molecule has 0 saturated heterocycles. The standard InChI is InChI=1S/C8H8N2.H2/c1-6-4-8-7(10-5-6)2-3-9-8;/h2-5,9H,1H3;1H. The number of nitrogens with one attached hydrogen (secondary N) is 1. The lowest BCUT2D eigenvalue weighted by atomic mass is 10.3. The van der Waals surface area contributed by atoms with Crippen LogP contribution in [-0.4, -0.2) is 9.97 Å². The van der Waals surface area contributed by atoms with Crippen LogP contribution in [0.25, 0.3) is 11.0 Å². The summed E-state index contributed by atoms with van der Waals surface area (Å²) in [6.45, 7) is 2.04. The summed E-state index contributed by atoms with van der Waals surface area (Å²) >= 11 is 0. The quantitative estimate of drug-likeness (QED) is 0.587. The van der Waals surface area contributed by atoms with Crippen LogP contribution < -0.4 is 0 Å². The minimum absolute atomic E-state index is 0. The fourth-order valence-corrected chi connectivity index (χ4v) is 1.04. The molecule has 0 atom stereocenters. The molecule has 0 unspecified atom stereocenters. The molecule has 2 rings (SSSR count). The van der Waals surface area contributed by atoms with Crippen LogP contribution in [0.3, 0.4) is 0 Å². The Morgan fingerprint density at radius 3 is 3.40 bits per heavy atom. The Bertz CT molecular complexity index is 354. The molecular formula is C8H10N2. The van der Waals surface area contributed by atoms with Crippen molar-refractivity contribution in [3.63, 3.8) is 0 Å². The summed E-state index contributed by atoms with van der Waals surface area (Å²) in [6, 6.07) is 4.05. The van der Waals surface area contributed by atoms with E-state index < -0.39 is 0 Å². The Hall–Kier alpha value is -1.31. The van der Waals surface area contributed by atoms with E-state index in [1.807, 2.05) is 25.4 Å². The van der Waals surface area contributed by atoms with Gasteiger partial charge in [0.25, 0.3) is 0 Å². The summed E-state index contributed by atoms with van der Waals surface area (Å²) in [5.41, 5.74) is 3.33. The molecule has 0 aliphatic heterocycles. The molecule has 0 aliphatic rings. The minimum Gasteiger partial charge on any atom is -0.360 e. The van der Waals surface area contributed by atoms with Gasteiger partial charge in [-0.05, 0) is 24.6 Å². The maximum absolute atomic E-state index is 4.21. The molecule has 0 aromatic carbocycles. The van der Waals surface area contributed by atoms with Gasteiger partial charge in [0.2, 0.25) is 0 Å². The molecule has 2 heteroatoms. The van der Waals surface area contributed by atoms with Crippen molar-refractivity contribution in [3.05, 3.63) is 30.1 Å². The molecule has 2 aromatic rings. The second kappa shape index (κ2) is 1.84. The molecule has 0 spiro atoms. The van der Waals surface area contributed by atoms with E-state index in [-0.39, 0.29) is 1.43 Å². The maximum Gasteiger partial charge on any atom is 0.0878 e. The van der Waals surface area contributed by atoms with Gasteiger partial charge in [0, 0.05) is 13.8 Å². The van der Waals surface area contributed by atoms with E-state index in [0.717, 1.165) is 11.0 Å².